The fourth-order valence-electron chi connectivity index (χ4n) is 6.23. The van der Waals surface area contributed by atoms with Crippen LogP contribution in [0.15, 0.2) is 71.6 Å². The minimum Gasteiger partial charge on any atom is -0.467 e. The van der Waals surface area contributed by atoms with E-state index in [9.17, 15) is 4.79 Å². The molecule has 0 aliphatic carbocycles. The third-order valence-electron chi connectivity index (χ3n) is 8.41. The molecule has 6 nitrogen and oxygen atoms in total. The summed E-state index contributed by atoms with van der Waals surface area (Å²) in [5.41, 5.74) is 8.27. The van der Waals surface area contributed by atoms with E-state index >= 15 is 0 Å². The Morgan fingerprint density at radius 1 is 1.00 bits per heavy atom. The number of nitrogens with zero attached hydrogens (tertiary/aromatic N) is 3. The van der Waals surface area contributed by atoms with Gasteiger partial charge in [-0.1, -0.05) is 77.1 Å². The van der Waals surface area contributed by atoms with Gasteiger partial charge in [0.2, 0.25) is 11.8 Å². The predicted octanol–water partition coefficient (Wildman–Crippen LogP) is 8.68. The Morgan fingerprint density at radius 3 is 2.47 bits per heavy atom. The number of aromatic nitrogens is 2. The van der Waals surface area contributed by atoms with Crippen molar-refractivity contribution in [1.82, 2.24) is 14.9 Å². The van der Waals surface area contributed by atoms with Crippen LogP contribution in [0.1, 0.15) is 85.3 Å². The van der Waals surface area contributed by atoms with E-state index in [4.69, 9.17) is 14.7 Å². The van der Waals surface area contributed by atoms with E-state index in [1.54, 1.807) is 0 Å². The maximum atomic E-state index is 14.3. The van der Waals surface area contributed by atoms with Crippen LogP contribution in [0.5, 0.6) is 5.88 Å². The third-order valence-corrected chi connectivity index (χ3v) is 9.18. The van der Waals surface area contributed by atoms with Crippen molar-refractivity contribution in [2.45, 2.75) is 83.9 Å². The van der Waals surface area contributed by atoms with Crippen LogP contribution in [0.3, 0.4) is 0 Å². The number of fused-ring (bicyclic) bond motifs is 8. The number of benzene rings is 3. The molecule has 2 aliphatic heterocycles. The van der Waals surface area contributed by atoms with Crippen molar-refractivity contribution >= 4 is 23.8 Å². The molecule has 222 valence electrons. The van der Waals surface area contributed by atoms with Crippen LogP contribution in [0.4, 0.5) is 5.95 Å². The van der Waals surface area contributed by atoms with Crippen LogP contribution in [0, 0.1) is 19.8 Å². The second-order valence-electron chi connectivity index (χ2n) is 13.2. The van der Waals surface area contributed by atoms with Crippen LogP contribution in [0.25, 0.3) is 11.3 Å². The van der Waals surface area contributed by atoms with Crippen molar-refractivity contribution < 1.29 is 9.53 Å². The largest absolute Gasteiger partial charge is 0.467 e. The number of carbonyl (C=O) groups excluding carboxylic acids is 1. The highest BCUT2D eigenvalue weighted by molar-refractivity contribution is 8.00. The van der Waals surface area contributed by atoms with Gasteiger partial charge in [-0.2, -0.15) is 4.98 Å². The first-order valence-electron chi connectivity index (χ1n) is 15.1. The lowest BCUT2D eigenvalue weighted by Gasteiger charge is -2.43. The average molecular weight is 593 g/mol. The fraction of sp³-hybridized carbons (Fsp3) is 0.361. The first-order valence-corrected chi connectivity index (χ1v) is 15.9. The van der Waals surface area contributed by atoms with Gasteiger partial charge in [0, 0.05) is 28.6 Å². The molecule has 7 heteroatoms. The van der Waals surface area contributed by atoms with E-state index in [1.165, 1.54) is 17.5 Å². The van der Waals surface area contributed by atoms with Gasteiger partial charge in [0.1, 0.15) is 6.10 Å². The Kier molecular flexibility index (Phi) is 7.71. The lowest BCUT2D eigenvalue weighted by Crippen LogP contribution is -2.49. The molecule has 1 N–H and O–H groups in total. The Balaban J connectivity index is 1.58. The average Bonchev–Trinajstić information content (AvgIpc) is 2.95. The van der Waals surface area contributed by atoms with Gasteiger partial charge < -0.3 is 9.64 Å². The summed E-state index contributed by atoms with van der Waals surface area (Å²) in [7, 11) is 0. The molecule has 43 heavy (non-hydrogen) atoms. The quantitative estimate of drug-likeness (QED) is 0.240. The Labute approximate surface area is 259 Å². The van der Waals surface area contributed by atoms with Crippen LogP contribution < -0.4 is 9.46 Å². The number of anilines is 1. The molecule has 2 aliphatic rings. The summed E-state index contributed by atoms with van der Waals surface area (Å²) in [6.07, 6.45) is 0.403. The van der Waals surface area contributed by atoms with Crippen LogP contribution in [0.2, 0.25) is 0 Å². The molecule has 1 amide bonds. The predicted molar refractivity (Wildman–Crippen MR) is 174 cm³/mol. The summed E-state index contributed by atoms with van der Waals surface area (Å²) >= 11 is 1.39. The number of hydrogen-bond donors (Lipinski definition) is 1. The molecular weight excluding hydrogens is 552 g/mol. The Bertz CT molecular complexity index is 1670. The summed E-state index contributed by atoms with van der Waals surface area (Å²) in [5.74, 6) is 1.32. The van der Waals surface area contributed by atoms with Crippen molar-refractivity contribution in [2.24, 2.45) is 5.92 Å². The number of carbonyl (C=O) groups is 1. The van der Waals surface area contributed by atoms with E-state index in [0.717, 1.165) is 44.8 Å². The molecular formula is C36H40N4O2S. The topological polar surface area (TPSA) is 67.4 Å². The zero-order valence-electron chi connectivity index (χ0n) is 26.1. The smallest absolute Gasteiger partial charge is 0.254 e. The normalized spacial score (nSPS) is 18.1. The molecule has 4 aromatic rings. The molecule has 0 spiro atoms. The first-order chi connectivity index (χ1) is 20.5. The van der Waals surface area contributed by atoms with Crippen molar-refractivity contribution in [3.05, 3.63) is 100 Å². The van der Waals surface area contributed by atoms with E-state index in [1.807, 2.05) is 35.2 Å². The SMILES string of the molecule is Cc1cccc(C)c1-c1cc2nc(n1)NSc1cccc(c1)C(=O)N1Cc3cc(C(C)(C)C)ccc3[C@H](O2)[C@H]1CC(C)C. The molecule has 6 bridgehead atoms. The van der Waals surface area contributed by atoms with E-state index in [-0.39, 0.29) is 17.4 Å². The van der Waals surface area contributed by atoms with Gasteiger partial charge in [0.05, 0.1) is 11.7 Å². The lowest BCUT2D eigenvalue weighted by molar-refractivity contribution is 0.0241. The maximum Gasteiger partial charge on any atom is 0.254 e. The van der Waals surface area contributed by atoms with Crippen molar-refractivity contribution in [3.63, 3.8) is 0 Å². The first kappa shape index (κ1) is 29.2. The monoisotopic (exact) mass is 592 g/mol. The third kappa shape index (κ3) is 5.87. The molecule has 0 radical (unpaired) electrons. The van der Waals surface area contributed by atoms with Crippen molar-refractivity contribution in [3.8, 4) is 17.1 Å². The van der Waals surface area contributed by atoms with Crippen molar-refractivity contribution in [1.29, 1.82) is 0 Å². The van der Waals surface area contributed by atoms with E-state index < -0.39 is 6.10 Å². The van der Waals surface area contributed by atoms with Crippen LogP contribution in [-0.2, 0) is 12.0 Å². The summed E-state index contributed by atoms with van der Waals surface area (Å²) in [5, 5.41) is 0. The van der Waals surface area contributed by atoms with E-state index in [2.05, 4.69) is 89.6 Å². The van der Waals surface area contributed by atoms with Gasteiger partial charge in [-0.05, 0) is 89.6 Å². The highest BCUT2D eigenvalue weighted by atomic mass is 32.2. The van der Waals surface area contributed by atoms with Crippen LogP contribution in [-0.4, -0.2) is 26.8 Å². The number of hydrogen-bond acceptors (Lipinski definition) is 6. The van der Waals surface area contributed by atoms with Gasteiger partial charge in [-0.25, -0.2) is 4.98 Å². The Morgan fingerprint density at radius 2 is 1.74 bits per heavy atom. The zero-order chi connectivity index (χ0) is 30.5. The number of aryl methyl sites for hydroxylation is 2. The lowest BCUT2D eigenvalue weighted by atomic mass is 9.81. The molecule has 0 fully saturated rings. The zero-order valence-corrected chi connectivity index (χ0v) is 26.9. The Hall–Kier alpha value is -3.84. The minimum absolute atomic E-state index is 0.0155. The highest BCUT2D eigenvalue weighted by Gasteiger charge is 2.40. The summed E-state index contributed by atoms with van der Waals surface area (Å²) < 4.78 is 10.3. The molecule has 6 rings (SSSR count). The fourth-order valence-corrected chi connectivity index (χ4v) is 6.86. The molecule has 3 heterocycles. The summed E-state index contributed by atoms with van der Waals surface area (Å²) in [6, 6.07) is 22.5. The van der Waals surface area contributed by atoms with Crippen LogP contribution >= 0.6 is 11.9 Å². The van der Waals surface area contributed by atoms with Gasteiger partial charge in [-0.15, -0.1) is 0 Å². The number of amides is 1. The molecule has 0 saturated carbocycles. The highest BCUT2D eigenvalue weighted by Crippen LogP contribution is 2.41. The van der Waals surface area contributed by atoms with Gasteiger partial charge in [0.15, 0.2) is 0 Å². The molecule has 0 unspecified atom stereocenters. The second kappa shape index (κ2) is 11.3. The minimum atomic E-state index is -0.394. The second-order valence-corrected chi connectivity index (χ2v) is 14.1. The van der Waals surface area contributed by atoms with Gasteiger partial charge in [0.25, 0.3) is 5.91 Å². The van der Waals surface area contributed by atoms with Gasteiger partial charge in [-0.3, -0.25) is 9.52 Å². The molecule has 1 aromatic heterocycles. The molecule has 0 saturated heterocycles. The summed E-state index contributed by atoms with van der Waals surface area (Å²) in [4.78, 5) is 27.1. The van der Waals surface area contributed by atoms with E-state index in [0.29, 0.717) is 29.9 Å². The number of ether oxygens (including phenoxy) is 1. The maximum absolute atomic E-state index is 14.3. The number of rotatable bonds is 3. The standard InChI is InChI=1S/C36H40N4O2S/c1-21(2)16-30-33-28-15-14-26(36(5,6)7)17-25(28)20-40(30)34(41)24-12-9-13-27(18-24)43-39-35-37-29(19-31(38-35)42-33)32-22(3)10-8-11-23(32)4/h8-15,17-19,21,30,33H,16,20H2,1-7H3,(H,37,38,39)/t30-,33+/m1/s1. The van der Waals surface area contributed by atoms with Gasteiger partial charge >= 0.3 is 0 Å². The summed E-state index contributed by atoms with van der Waals surface area (Å²) in [6.45, 7) is 15.8. The molecule has 3 aromatic carbocycles. The van der Waals surface area contributed by atoms with Crippen molar-refractivity contribution in [2.75, 3.05) is 4.72 Å². The molecule has 2 atom stereocenters. The number of nitrogens with one attached hydrogen (secondary N) is 1.